The van der Waals surface area contributed by atoms with Gasteiger partial charge in [-0.05, 0) is 51.8 Å². The van der Waals surface area contributed by atoms with E-state index in [0.717, 1.165) is 5.56 Å². The molecule has 0 atom stereocenters. The van der Waals surface area contributed by atoms with Gasteiger partial charge in [-0.2, -0.15) is 0 Å². The lowest BCUT2D eigenvalue weighted by Gasteiger charge is -2.08. The fourth-order valence-electron chi connectivity index (χ4n) is 1.61. The van der Waals surface area contributed by atoms with Gasteiger partial charge in [-0.1, -0.05) is 17.7 Å². The van der Waals surface area contributed by atoms with Crippen molar-refractivity contribution in [3.63, 3.8) is 0 Å². The van der Waals surface area contributed by atoms with Crippen molar-refractivity contribution < 1.29 is 9.18 Å². The van der Waals surface area contributed by atoms with E-state index in [1.54, 1.807) is 24.3 Å². The third-order valence-corrected chi connectivity index (χ3v) is 3.89. The molecular weight excluding hydrogens is 365 g/mol. The van der Waals surface area contributed by atoms with Crippen LogP contribution in [-0.4, -0.2) is 5.91 Å². The molecule has 0 saturated heterocycles. The molecule has 2 aromatic rings. The maximum Gasteiger partial charge on any atom is 0.252 e. The van der Waals surface area contributed by atoms with Gasteiger partial charge in [0.15, 0.2) is 0 Å². The summed E-state index contributed by atoms with van der Waals surface area (Å²) in [5, 5.41) is 2.78. The zero-order chi connectivity index (χ0) is 14.7. The molecule has 0 spiro atoms. The molecule has 0 unspecified atom stereocenters. The highest BCUT2D eigenvalue weighted by Gasteiger charge is 2.10. The fraction of sp³-hybridized carbons (Fsp3) is 0.0714. The highest BCUT2D eigenvalue weighted by atomic mass is 79.9. The average Bonchev–Trinajstić information content (AvgIpc) is 2.42. The Morgan fingerprint density at radius 2 is 2.05 bits per heavy atom. The largest absolute Gasteiger partial charge is 0.348 e. The number of thiol groups is 1. The van der Waals surface area contributed by atoms with Gasteiger partial charge in [-0.15, -0.1) is 12.6 Å². The van der Waals surface area contributed by atoms with E-state index in [1.807, 2.05) is 0 Å². The van der Waals surface area contributed by atoms with E-state index in [9.17, 15) is 9.18 Å². The minimum absolute atomic E-state index is 0.0373. The number of benzene rings is 2. The van der Waals surface area contributed by atoms with E-state index in [1.165, 1.54) is 12.1 Å². The highest BCUT2D eigenvalue weighted by Crippen LogP contribution is 2.20. The molecule has 0 aliphatic rings. The topological polar surface area (TPSA) is 29.1 Å². The molecule has 1 amide bonds. The van der Waals surface area contributed by atoms with E-state index in [4.69, 9.17) is 11.6 Å². The molecule has 0 saturated carbocycles. The Bertz CT molecular complexity index is 666. The number of hydrogen-bond acceptors (Lipinski definition) is 2. The summed E-state index contributed by atoms with van der Waals surface area (Å²) in [6.07, 6.45) is 0. The van der Waals surface area contributed by atoms with Crippen LogP contribution in [0.4, 0.5) is 4.39 Å². The van der Waals surface area contributed by atoms with Crippen molar-refractivity contribution in [3.8, 4) is 0 Å². The van der Waals surface area contributed by atoms with Crippen LogP contribution >= 0.6 is 40.2 Å². The molecule has 0 aliphatic carbocycles. The van der Waals surface area contributed by atoms with Gasteiger partial charge in [-0.3, -0.25) is 4.79 Å². The maximum atomic E-state index is 13.0. The van der Waals surface area contributed by atoms with Crippen LogP contribution in [0.3, 0.4) is 0 Å². The predicted octanol–water partition coefficient (Wildman–Crippen LogP) is 4.46. The molecule has 2 rings (SSSR count). The second kappa shape index (κ2) is 6.61. The average molecular weight is 375 g/mol. The van der Waals surface area contributed by atoms with Crippen molar-refractivity contribution in [1.29, 1.82) is 0 Å². The maximum absolute atomic E-state index is 13.0. The van der Waals surface area contributed by atoms with Gasteiger partial charge in [0, 0.05) is 15.9 Å². The van der Waals surface area contributed by atoms with Crippen molar-refractivity contribution in [2.45, 2.75) is 11.4 Å². The third kappa shape index (κ3) is 3.75. The molecule has 0 heterocycles. The molecule has 0 radical (unpaired) electrons. The van der Waals surface area contributed by atoms with Crippen molar-refractivity contribution in [3.05, 3.63) is 62.8 Å². The minimum atomic E-state index is -0.479. The van der Waals surface area contributed by atoms with Crippen molar-refractivity contribution in [2.24, 2.45) is 0 Å². The van der Waals surface area contributed by atoms with Crippen molar-refractivity contribution >= 4 is 46.1 Å². The summed E-state index contributed by atoms with van der Waals surface area (Å²) in [6, 6.07) is 9.54. The summed E-state index contributed by atoms with van der Waals surface area (Å²) >= 11 is 13.2. The van der Waals surface area contributed by atoms with Gasteiger partial charge in [0.05, 0.1) is 10.6 Å². The number of rotatable bonds is 3. The van der Waals surface area contributed by atoms with Crippen LogP contribution in [0.1, 0.15) is 15.9 Å². The van der Waals surface area contributed by atoms with Crippen molar-refractivity contribution in [2.75, 3.05) is 0 Å². The van der Waals surface area contributed by atoms with Crippen LogP contribution in [0.2, 0.25) is 5.02 Å². The Kier molecular flexibility index (Phi) is 5.07. The summed E-state index contributed by atoms with van der Waals surface area (Å²) in [5.41, 5.74) is 1.22. The zero-order valence-electron chi connectivity index (χ0n) is 10.2. The van der Waals surface area contributed by atoms with Gasteiger partial charge in [0.25, 0.3) is 5.91 Å². The number of hydrogen-bond donors (Lipinski definition) is 2. The molecule has 104 valence electrons. The number of carbonyl (C=O) groups excluding carboxylic acids is 1. The Balaban J connectivity index is 2.08. The molecular formula is C14H10BrClFNOS. The standard InChI is InChI=1S/C14H10BrClFNOS/c15-11-3-2-9(20)6-10(11)14(19)18-7-8-1-4-13(17)12(16)5-8/h1-6,20H,7H2,(H,18,19). The summed E-state index contributed by atoms with van der Waals surface area (Å²) in [7, 11) is 0. The van der Waals surface area contributed by atoms with Crippen LogP contribution in [-0.2, 0) is 6.54 Å². The number of nitrogens with one attached hydrogen (secondary N) is 1. The van der Waals surface area contributed by atoms with Crippen LogP contribution in [0.5, 0.6) is 0 Å². The van der Waals surface area contributed by atoms with Gasteiger partial charge in [0.2, 0.25) is 0 Å². The Hall–Kier alpha value is -1.04. The lowest BCUT2D eigenvalue weighted by molar-refractivity contribution is 0.0950. The molecule has 6 heteroatoms. The molecule has 20 heavy (non-hydrogen) atoms. The van der Waals surface area contributed by atoms with Gasteiger partial charge in [0.1, 0.15) is 5.82 Å². The third-order valence-electron chi connectivity index (χ3n) is 2.63. The first-order chi connectivity index (χ1) is 9.47. The predicted molar refractivity (Wildman–Crippen MR) is 84.0 cm³/mol. The summed E-state index contributed by atoms with van der Waals surface area (Å²) in [4.78, 5) is 12.8. The summed E-state index contributed by atoms with van der Waals surface area (Å²) in [5.74, 6) is -0.722. The van der Waals surface area contributed by atoms with E-state index >= 15 is 0 Å². The molecule has 2 aromatic carbocycles. The van der Waals surface area contributed by atoms with Gasteiger partial charge >= 0.3 is 0 Å². The summed E-state index contributed by atoms with van der Waals surface area (Å²) < 4.78 is 13.7. The second-order valence-corrected chi connectivity index (χ2v) is 5.87. The first kappa shape index (κ1) is 15.4. The molecule has 0 aliphatic heterocycles. The number of halogens is 3. The fourth-order valence-corrected chi connectivity index (χ4v) is 2.45. The molecule has 1 N–H and O–H groups in total. The lowest BCUT2D eigenvalue weighted by Crippen LogP contribution is -2.23. The first-order valence-electron chi connectivity index (χ1n) is 5.68. The minimum Gasteiger partial charge on any atom is -0.348 e. The van der Waals surface area contributed by atoms with E-state index < -0.39 is 5.82 Å². The zero-order valence-corrected chi connectivity index (χ0v) is 13.4. The van der Waals surface area contributed by atoms with Crippen LogP contribution < -0.4 is 5.32 Å². The van der Waals surface area contributed by atoms with Crippen LogP contribution in [0.25, 0.3) is 0 Å². The second-order valence-electron chi connectivity index (χ2n) is 4.10. The quantitative estimate of drug-likeness (QED) is 0.763. The van der Waals surface area contributed by atoms with Gasteiger partial charge < -0.3 is 5.32 Å². The van der Waals surface area contributed by atoms with E-state index in [2.05, 4.69) is 33.9 Å². The Morgan fingerprint density at radius 1 is 1.30 bits per heavy atom. The van der Waals surface area contributed by atoms with Crippen molar-refractivity contribution in [1.82, 2.24) is 5.32 Å². The first-order valence-corrected chi connectivity index (χ1v) is 7.30. The van der Waals surface area contributed by atoms with Gasteiger partial charge in [-0.25, -0.2) is 4.39 Å². The van der Waals surface area contributed by atoms with Crippen LogP contribution in [0.15, 0.2) is 45.8 Å². The molecule has 0 bridgehead atoms. The van der Waals surface area contributed by atoms with Crippen LogP contribution in [0, 0.1) is 5.82 Å². The summed E-state index contributed by atoms with van der Waals surface area (Å²) in [6.45, 7) is 0.266. The monoisotopic (exact) mass is 373 g/mol. The molecule has 0 fully saturated rings. The van der Waals surface area contributed by atoms with E-state index in [0.29, 0.717) is 14.9 Å². The lowest BCUT2D eigenvalue weighted by atomic mass is 10.2. The highest BCUT2D eigenvalue weighted by molar-refractivity contribution is 9.10. The Labute approximate surface area is 134 Å². The smallest absolute Gasteiger partial charge is 0.252 e. The SMILES string of the molecule is O=C(NCc1ccc(F)c(Cl)c1)c1cc(S)ccc1Br. The number of amides is 1. The normalized spacial score (nSPS) is 10.4. The van der Waals surface area contributed by atoms with E-state index in [-0.39, 0.29) is 17.5 Å². The Morgan fingerprint density at radius 3 is 2.75 bits per heavy atom. The molecule has 0 aromatic heterocycles. The molecule has 2 nitrogen and oxygen atoms in total. The number of carbonyl (C=O) groups is 1.